The minimum absolute atomic E-state index is 0.578. The molecule has 15 heavy (non-hydrogen) atoms. The molecule has 2 N–H and O–H groups in total. The molecule has 0 unspecified atom stereocenters. The predicted molar refractivity (Wildman–Crippen MR) is 62.5 cm³/mol. The highest BCUT2D eigenvalue weighted by Gasteiger charge is 2.07. The number of rotatable bonds is 2. The summed E-state index contributed by atoms with van der Waals surface area (Å²) in [5.41, 5.74) is 9.27. The molecule has 1 heterocycles. The van der Waals surface area contributed by atoms with E-state index in [1.54, 1.807) is 0 Å². The second kappa shape index (κ2) is 3.77. The lowest BCUT2D eigenvalue weighted by Crippen LogP contribution is -2.02. The first-order valence-electron chi connectivity index (χ1n) is 5.10. The third-order valence-electron chi connectivity index (χ3n) is 2.52. The van der Waals surface area contributed by atoms with Crippen LogP contribution < -0.4 is 5.73 Å². The molecule has 3 nitrogen and oxygen atoms in total. The zero-order valence-electron chi connectivity index (χ0n) is 9.07. The van der Waals surface area contributed by atoms with E-state index in [1.165, 1.54) is 11.1 Å². The molecule has 78 valence electrons. The van der Waals surface area contributed by atoms with Gasteiger partial charge in [0, 0.05) is 12.1 Å². The van der Waals surface area contributed by atoms with E-state index in [4.69, 9.17) is 5.73 Å². The second-order valence-corrected chi connectivity index (χ2v) is 3.62. The highest BCUT2D eigenvalue weighted by atomic mass is 15.1. The van der Waals surface area contributed by atoms with Gasteiger partial charge in [-0.15, -0.1) is 0 Å². The number of nitrogen functional groups attached to an aromatic ring is 1. The normalized spacial score (nSPS) is 10.5. The molecule has 0 aliphatic carbocycles. The molecule has 0 atom stereocenters. The maximum atomic E-state index is 5.78. The summed E-state index contributed by atoms with van der Waals surface area (Å²) in [4.78, 5) is 4.13. The van der Waals surface area contributed by atoms with Crippen LogP contribution in [-0.4, -0.2) is 9.55 Å². The highest BCUT2D eigenvalue weighted by Crippen LogP contribution is 2.22. The van der Waals surface area contributed by atoms with Crippen LogP contribution in [0.2, 0.25) is 0 Å². The molecule has 0 fully saturated rings. The molecule has 0 saturated heterocycles. The Kier molecular flexibility index (Phi) is 2.46. The molecule has 2 rings (SSSR count). The van der Waals surface area contributed by atoms with E-state index >= 15 is 0 Å². The Morgan fingerprint density at radius 2 is 2.20 bits per heavy atom. The van der Waals surface area contributed by atoms with Crippen molar-refractivity contribution in [3.63, 3.8) is 0 Å². The molecule has 0 aliphatic heterocycles. The third-order valence-corrected chi connectivity index (χ3v) is 2.52. The van der Waals surface area contributed by atoms with Gasteiger partial charge >= 0.3 is 0 Å². The molecule has 0 bridgehead atoms. The minimum Gasteiger partial charge on any atom is -0.369 e. The Balaban J connectivity index is 2.54. The largest absolute Gasteiger partial charge is 0.369 e. The lowest BCUT2D eigenvalue weighted by molar-refractivity contribution is 0.781. The summed E-state index contributed by atoms with van der Waals surface area (Å²) >= 11 is 0. The molecule has 3 heteroatoms. The van der Waals surface area contributed by atoms with Crippen molar-refractivity contribution in [2.45, 2.75) is 20.4 Å². The first-order chi connectivity index (χ1) is 7.22. The van der Waals surface area contributed by atoms with Gasteiger partial charge in [0.2, 0.25) is 5.95 Å². The average Bonchev–Trinajstić information content (AvgIpc) is 2.59. The van der Waals surface area contributed by atoms with E-state index in [1.807, 2.05) is 16.8 Å². The lowest BCUT2D eigenvalue weighted by Gasteiger charge is -2.07. The summed E-state index contributed by atoms with van der Waals surface area (Å²) in [6.45, 7) is 4.99. The van der Waals surface area contributed by atoms with Crippen molar-refractivity contribution in [3.05, 3.63) is 36.0 Å². The fourth-order valence-corrected chi connectivity index (χ4v) is 1.76. The van der Waals surface area contributed by atoms with E-state index in [9.17, 15) is 0 Å². The molecule has 0 saturated carbocycles. The number of hydrogen-bond donors (Lipinski definition) is 1. The fourth-order valence-electron chi connectivity index (χ4n) is 1.76. The van der Waals surface area contributed by atoms with Crippen molar-refractivity contribution in [2.24, 2.45) is 0 Å². The van der Waals surface area contributed by atoms with Crippen molar-refractivity contribution in [2.75, 3.05) is 5.73 Å². The summed E-state index contributed by atoms with van der Waals surface area (Å²) in [5.74, 6) is 0.578. The number of nitrogens with zero attached hydrogens (tertiary/aromatic N) is 2. The Hall–Kier alpha value is -1.77. The zero-order valence-corrected chi connectivity index (χ0v) is 9.07. The molecular formula is C12H15N3. The molecule has 1 aromatic heterocycles. The van der Waals surface area contributed by atoms with Gasteiger partial charge in [0.1, 0.15) is 0 Å². The quantitative estimate of drug-likeness (QED) is 0.811. The van der Waals surface area contributed by atoms with Gasteiger partial charge in [0.25, 0.3) is 0 Å². The smallest absolute Gasteiger partial charge is 0.200 e. The summed E-state index contributed by atoms with van der Waals surface area (Å²) in [6.07, 6.45) is 1.83. The number of anilines is 1. The molecule has 1 aromatic carbocycles. The zero-order chi connectivity index (χ0) is 10.8. The number of aryl methyl sites for hydroxylation is 1. The fraction of sp³-hybridized carbons (Fsp3) is 0.250. The molecule has 0 amide bonds. The topological polar surface area (TPSA) is 43.8 Å². The predicted octanol–water partition coefficient (Wildman–Crippen LogP) is 2.46. The van der Waals surface area contributed by atoms with E-state index in [0.717, 1.165) is 12.2 Å². The first-order valence-corrected chi connectivity index (χ1v) is 5.10. The number of nitrogens with two attached hydrogens (primary N) is 1. The number of aromatic nitrogens is 2. The van der Waals surface area contributed by atoms with Crippen molar-refractivity contribution >= 4 is 5.95 Å². The van der Waals surface area contributed by atoms with Gasteiger partial charge in [-0.1, -0.05) is 23.8 Å². The van der Waals surface area contributed by atoms with E-state index in [0.29, 0.717) is 5.95 Å². The summed E-state index contributed by atoms with van der Waals surface area (Å²) in [7, 11) is 0. The van der Waals surface area contributed by atoms with Crippen LogP contribution >= 0.6 is 0 Å². The monoisotopic (exact) mass is 201 g/mol. The van der Waals surface area contributed by atoms with Crippen molar-refractivity contribution in [1.82, 2.24) is 9.55 Å². The van der Waals surface area contributed by atoms with Crippen LogP contribution in [0.15, 0.2) is 30.5 Å². The van der Waals surface area contributed by atoms with Crippen LogP contribution in [0.5, 0.6) is 0 Å². The van der Waals surface area contributed by atoms with E-state index < -0.39 is 0 Å². The Morgan fingerprint density at radius 1 is 1.40 bits per heavy atom. The van der Waals surface area contributed by atoms with Gasteiger partial charge in [0.15, 0.2) is 0 Å². The van der Waals surface area contributed by atoms with Gasteiger partial charge in [-0.05, 0) is 19.9 Å². The van der Waals surface area contributed by atoms with Crippen molar-refractivity contribution in [1.29, 1.82) is 0 Å². The Labute approximate surface area is 89.6 Å². The SMILES string of the molecule is CCn1c(-c2cccc(C)c2)cnc1N. The van der Waals surface area contributed by atoms with E-state index in [-0.39, 0.29) is 0 Å². The second-order valence-electron chi connectivity index (χ2n) is 3.62. The van der Waals surface area contributed by atoms with Crippen LogP contribution in [0.3, 0.4) is 0 Å². The maximum absolute atomic E-state index is 5.78. The number of hydrogen-bond acceptors (Lipinski definition) is 2. The van der Waals surface area contributed by atoms with Gasteiger partial charge in [-0.2, -0.15) is 0 Å². The van der Waals surface area contributed by atoms with Crippen LogP contribution in [0.25, 0.3) is 11.3 Å². The molecule has 2 aromatic rings. The summed E-state index contributed by atoms with van der Waals surface area (Å²) < 4.78 is 2.01. The van der Waals surface area contributed by atoms with Crippen LogP contribution in [-0.2, 0) is 6.54 Å². The van der Waals surface area contributed by atoms with Gasteiger partial charge in [-0.25, -0.2) is 4.98 Å². The van der Waals surface area contributed by atoms with Crippen molar-refractivity contribution in [3.8, 4) is 11.3 Å². The third kappa shape index (κ3) is 1.73. The molecule has 0 radical (unpaired) electrons. The summed E-state index contributed by atoms with van der Waals surface area (Å²) in [6, 6.07) is 8.35. The first kappa shape index (κ1) is 9.77. The Morgan fingerprint density at radius 3 is 2.87 bits per heavy atom. The summed E-state index contributed by atoms with van der Waals surface area (Å²) in [5, 5.41) is 0. The average molecular weight is 201 g/mol. The van der Waals surface area contributed by atoms with Gasteiger partial charge in [0.05, 0.1) is 11.9 Å². The van der Waals surface area contributed by atoms with Gasteiger partial charge < -0.3 is 10.3 Å². The Bertz CT molecular complexity index is 471. The molecule has 0 aliphatic rings. The molecule has 0 spiro atoms. The van der Waals surface area contributed by atoms with Crippen molar-refractivity contribution < 1.29 is 0 Å². The highest BCUT2D eigenvalue weighted by molar-refractivity contribution is 5.61. The van der Waals surface area contributed by atoms with Crippen LogP contribution in [0.1, 0.15) is 12.5 Å². The van der Waals surface area contributed by atoms with Crippen LogP contribution in [0.4, 0.5) is 5.95 Å². The molecular weight excluding hydrogens is 186 g/mol. The number of benzene rings is 1. The standard InChI is InChI=1S/C12H15N3/c1-3-15-11(8-14-12(15)13)10-6-4-5-9(2)7-10/h4-8H,3H2,1-2H3,(H2,13,14). The number of imidazole rings is 1. The van der Waals surface area contributed by atoms with E-state index in [2.05, 4.69) is 37.0 Å². The lowest BCUT2D eigenvalue weighted by atomic mass is 10.1. The van der Waals surface area contributed by atoms with Gasteiger partial charge in [-0.3, -0.25) is 0 Å². The van der Waals surface area contributed by atoms with Crippen LogP contribution in [0, 0.1) is 6.92 Å². The maximum Gasteiger partial charge on any atom is 0.200 e. The minimum atomic E-state index is 0.578.